The minimum atomic E-state index is -0.206. The van der Waals surface area contributed by atoms with E-state index in [2.05, 4.69) is 10.4 Å². The van der Waals surface area contributed by atoms with Gasteiger partial charge in [-0.25, -0.2) is 0 Å². The van der Waals surface area contributed by atoms with Crippen LogP contribution in [0.15, 0.2) is 54.7 Å². The first kappa shape index (κ1) is 18.0. The van der Waals surface area contributed by atoms with Gasteiger partial charge in [-0.15, -0.1) is 0 Å². The van der Waals surface area contributed by atoms with E-state index in [9.17, 15) is 4.79 Å². The molecule has 5 nitrogen and oxygen atoms in total. The molecular weight excluding hydrogens is 350 g/mol. The van der Waals surface area contributed by atoms with E-state index < -0.39 is 0 Å². The fraction of sp³-hybridized carbons (Fsp3) is 0.200. The summed E-state index contributed by atoms with van der Waals surface area (Å²) in [6, 6.07) is 15.2. The molecule has 1 amide bonds. The molecule has 1 aromatic heterocycles. The van der Waals surface area contributed by atoms with Crippen LogP contribution >= 0.6 is 11.6 Å². The van der Waals surface area contributed by atoms with Crippen molar-refractivity contribution in [2.45, 2.75) is 19.9 Å². The van der Waals surface area contributed by atoms with Crippen LogP contribution < -0.4 is 10.1 Å². The molecule has 3 aromatic rings. The number of nitrogens with one attached hydrogen (secondary N) is 1. The highest BCUT2D eigenvalue weighted by Gasteiger charge is 2.17. The maximum absolute atomic E-state index is 12.7. The molecule has 0 spiro atoms. The summed E-state index contributed by atoms with van der Waals surface area (Å²) in [5.74, 6) is 0.358. The molecule has 0 aliphatic heterocycles. The lowest BCUT2D eigenvalue weighted by Gasteiger charge is -2.10. The summed E-state index contributed by atoms with van der Waals surface area (Å²) in [5, 5.41) is 7.71. The second-order valence-corrected chi connectivity index (χ2v) is 6.21. The SMILES string of the molecule is CCc1c(C(=O)Nc2ccc(OC)c(Cl)c2)cnn1Cc1ccccc1. The Morgan fingerprint density at radius 2 is 2.00 bits per heavy atom. The number of carbonyl (C=O) groups excluding carboxylic acids is 1. The summed E-state index contributed by atoms with van der Waals surface area (Å²) < 4.78 is 6.99. The fourth-order valence-electron chi connectivity index (χ4n) is 2.81. The quantitative estimate of drug-likeness (QED) is 0.700. The maximum atomic E-state index is 12.7. The zero-order chi connectivity index (χ0) is 18.5. The lowest BCUT2D eigenvalue weighted by Crippen LogP contribution is -2.15. The maximum Gasteiger partial charge on any atom is 0.259 e. The summed E-state index contributed by atoms with van der Waals surface area (Å²) in [7, 11) is 1.55. The van der Waals surface area contributed by atoms with Crippen LogP contribution in [0.2, 0.25) is 5.02 Å². The first-order valence-electron chi connectivity index (χ1n) is 8.36. The number of anilines is 1. The molecule has 6 heteroatoms. The molecule has 3 rings (SSSR count). The van der Waals surface area contributed by atoms with Crippen molar-refractivity contribution in [3.63, 3.8) is 0 Å². The molecule has 0 fully saturated rings. The standard InChI is InChI=1S/C20H20ClN3O2/c1-3-18-16(12-22-24(18)13-14-7-5-4-6-8-14)20(25)23-15-9-10-19(26-2)17(21)11-15/h4-12H,3,13H2,1-2H3,(H,23,25). The van der Waals surface area contributed by atoms with E-state index in [1.165, 1.54) is 0 Å². The zero-order valence-electron chi connectivity index (χ0n) is 14.7. The van der Waals surface area contributed by atoms with Gasteiger partial charge >= 0.3 is 0 Å². The molecule has 134 valence electrons. The molecule has 0 bridgehead atoms. The number of benzene rings is 2. The summed E-state index contributed by atoms with van der Waals surface area (Å²) in [4.78, 5) is 12.7. The average Bonchev–Trinajstić information content (AvgIpc) is 3.05. The van der Waals surface area contributed by atoms with Gasteiger partial charge in [0.15, 0.2) is 0 Å². The molecule has 1 heterocycles. The molecule has 0 saturated carbocycles. The Labute approximate surface area is 157 Å². The zero-order valence-corrected chi connectivity index (χ0v) is 15.5. The molecular formula is C20H20ClN3O2. The van der Waals surface area contributed by atoms with Crippen molar-refractivity contribution >= 4 is 23.2 Å². The van der Waals surface area contributed by atoms with Crippen LogP contribution in [-0.4, -0.2) is 22.8 Å². The van der Waals surface area contributed by atoms with Gasteiger partial charge in [0.1, 0.15) is 5.75 Å². The van der Waals surface area contributed by atoms with Crippen molar-refractivity contribution in [3.05, 3.63) is 76.6 Å². The summed E-state index contributed by atoms with van der Waals surface area (Å²) in [6.45, 7) is 2.64. The van der Waals surface area contributed by atoms with Gasteiger partial charge in [0.25, 0.3) is 5.91 Å². The highest BCUT2D eigenvalue weighted by atomic mass is 35.5. The Morgan fingerprint density at radius 1 is 1.23 bits per heavy atom. The van der Waals surface area contributed by atoms with E-state index in [1.807, 2.05) is 41.9 Å². The van der Waals surface area contributed by atoms with Crippen LogP contribution in [0.1, 0.15) is 28.5 Å². The molecule has 1 N–H and O–H groups in total. The second kappa shape index (κ2) is 8.06. The predicted octanol–water partition coefficient (Wildman–Crippen LogP) is 4.41. The number of amides is 1. The lowest BCUT2D eigenvalue weighted by atomic mass is 10.1. The minimum absolute atomic E-state index is 0.206. The van der Waals surface area contributed by atoms with Gasteiger partial charge in [-0.1, -0.05) is 48.9 Å². The third-order valence-electron chi connectivity index (χ3n) is 4.11. The Balaban J connectivity index is 1.80. The Morgan fingerprint density at radius 3 is 2.65 bits per heavy atom. The number of halogens is 1. The Kier molecular flexibility index (Phi) is 5.58. The van der Waals surface area contributed by atoms with Crippen LogP contribution in [0.4, 0.5) is 5.69 Å². The van der Waals surface area contributed by atoms with Crippen molar-refractivity contribution < 1.29 is 9.53 Å². The minimum Gasteiger partial charge on any atom is -0.495 e. The van der Waals surface area contributed by atoms with E-state index >= 15 is 0 Å². The highest BCUT2D eigenvalue weighted by Crippen LogP contribution is 2.27. The molecule has 2 aromatic carbocycles. The molecule has 0 atom stereocenters. The van der Waals surface area contributed by atoms with Gasteiger partial charge in [-0.2, -0.15) is 5.10 Å². The average molecular weight is 370 g/mol. The van der Waals surface area contributed by atoms with Crippen LogP contribution in [0.5, 0.6) is 5.75 Å². The highest BCUT2D eigenvalue weighted by molar-refractivity contribution is 6.32. The van der Waals surface area contributed by atoms with Crippen LogP contribution in [0.25, 0.3) is 0 Å². The number of carbonyl (C=O) groups is 1. The predicted molar refractivity (Wildman–Crippen MR) is 103 cm³/mol. The largest absolute Gasteiger partial charge is 0.495 e. The van der Waals surface area contributed by atoms with Gasteiger partial charge in [0.2, 0.25) is 0 Å². The first-order valence-corrected chi connectivity index (χ1v) is 8.73. The van der Waals surface area contributed by atoms with Crippen LogP contribution in [-0.2, 0) is 13.0 Å². The van der Waals surface area contributed by atoms with E-state index in [-0.39, 0.29) is 5.91 Å². The lowest BCUT2D eigenvalue weighted by molar-refractivity contribution is 0.102. The number of rotatable bonds is 6. The number of hydrogen-bond acceptors (Lipinski definition) is 3. The van der Waals surface area contributed by atoms with Crippen LogP contribution in [0, 0.1) is 0 Å². The number of ether oxygens (including phenoxy) is 1. The topological polar surface area (TPSA) is 56.1 Å². The van der Waals surface area contributed by atoms with Crippen molar-refractivity contribution in [2.24, 2.45) is 0 Å². The number of methoxy groups -OCH3 is 1. The van der Waals surface area contributed by atoms with Gasteiger partial charge < -0.3 is 10.1 Å². The van der Waals surface area contributed by atoms with Crippen molar-refractivity contribution in [1.29, 1.82) is 0 Å². The van der Waals surface area contributed by atoms with E-state index in [4.69, 9.17) is 16.3 Å². The Hall–Kier alpha value is -2.79. The number of hydrogen-bond donors (Lipinski definition) is 1. The van der Waals surface area contributed by atoms with Crippen molar-refractivity contribution in [1.82, 2.24) is 9.78 Å². The first-order chi connectivity index (χ1) is 12.6. The third kappa shape index (κ3) is 3.89. The molecule has 26 heavy (non-hydrogen) atoms. The van der Waals surface area contributed by atoms with Gasteiger partial charge in [-0.05, 0) is 30.2 Å². The molecule has 0 saturated heterocycles. The normalized spacial score (nSPS) is 10.6. The summed E-state index contributed by atoms with van der Waals surface area (Å²) in [5.41, 5.74) is 3.21. The van der Waals surface area contributed by atoms with Gasteiger partial charge in [-0.3, -0.25) is 9.48 Å². The molecule has 0 aliphatic rings. The van der Waals surface area contributed by atoms with E-state index in [0.29, 0.717) is 35.0 Å². The third-order valence-corrected chi connectivity index (χ3v) is 4.41. The van der Waals surface area contributed by atoms with Gasteiger partial charge in [0, 0.05) is 5.69 Å². The number of nitrogens with zero attached hydrogens (tertiary/aromatic N) is 2. The molecule has 0 radical (unpaired) electrons. The molecule has 0 aliphatic carbocycles. The van der Waals surface area contributed by atoms with E-state index in [0.717, 1.165) is 11.3 Å². The van der Waals surface area contributed by atoms with Crippen molar-refractivity contribution in [3.8, 4) is 5.75 Å². The fourth-order valence-corrected chi connectivity index (χ4v) is 3.07. The summed E-state index contributed by atoms with van der Waals surface area (Å²) in [6.07, 6.45) is 2.32. The number of aromatic nitrogens is 2. The second-order valence-electron chi connectivity index (χ2n) is 5.81. The van der Waals surface area contributed by atoms with Gasteiger partial charge in [0.05, 0.1) is 36.1 Å². The van der Waals surface area contributed by atoms with Crippen molar-refractivity contribution in [2.75, 3.05) is 12.4 Å². The monoisotopic (exact) mass is 369 g/mol. The smallest absolute Gasteiger partial charge is 0.259 e. The van der Waals surface area contributed by atoms with E-state index in [1.54, 1.807) is 31.5 Å². The Bertz CT molecular complexity index is 907. The van der Waals surface area contributed by atoms with Crippen LogP contribution in [0.3, 0.4) is 0 Å². The summed E-state index contributed by atoms with van der Waals surface area (Å²) >= 11 is 6.12. The molecule has 0 unspecified atom stereocenters.